The predicted molar refractivity (Wildman–Crippen MR) is 71.5 cm³/mol. The molecule has 2 unspecified atom stereocenters. The fourth-order valence-electron chi connectivity index (χ4n) is 2.53. The Bertz CT molecular complexity index is 456. The van der Waals surface area contributed by atoms with Crippen LogP contribution in [0, 0.1) is 23.2 Å². The molecule has 0 spiro atoms. The molecule has 0 saturated heterocycles. The van der Waals surface area contributed by atoms with Crippen molar-refractivity contribution in [3.05, 3.63) is 28.8 Å². The summed E-state index contributed by atoms with van der Waals surface area (Å²) in [5.74, 6) is 1.75. The van der Waals surface area contributed by atoms with Gasteiger partial charge in [0.15, 0.2) is 0 Å². The molecule has 18 heavy (non-hydrogen) atoms. The third-order valence-electron chi connectivity index (χ3n) is 3.63. The van der Waals surface area contributed by atoms with Crippen LogP contribution in [0.25, 0.3) is 0 Å². The Morgan fingerprint density at radius 2 is 2.17 bits per heavy atom. The van der Waals surface area contributed by atoms with Gasteiger partial charge >= 0.3 is 0 Å². The number of nitrogens with zero attached hydrogens (tertiary/aromatic N) is 1. The highest BCUT2D eigenvalue weighted by molar-refractivity contribution is 6.32. The lowest BCUT2D eigenvalue weighted by molar-refractivity contribution is 0.217. The number of ether oxygens (including phenoxy) is 1. The Kier molecular flexibility index (Phi) is 4.46. The fraction of sp³-hybridized carbons (Fsp3) is 0.500. The molecule has 0 heterocycles. The Balaban J connectivity index is 1.96. The summed E-state index contributed by atoms with van der Waals surface area (Å²) in [5.41, 5.74) is 6.29. The monoisotopic (exact) mass is 264 g/mol. The summed E-state index contributed by atoms with van der Waals surface area (Å²) in [7, 11) is 0. The van der Waals surface area contributed by atoms with E-state index in [1.54, 1.807) is 18.2 Å². The third-order valence-corrected chi connectivity index (χ3v) is 3.93. The second-order valence-electron chi connectivity index (χ2n) is 4.75. The van der Waals surface area contributed by atoms with Gasteiger partial charge in [-0.25, -0.2) is 0 Å². The van der Waals surface area contributed by atoms with Crippen molar-refractivity contribution < 1.29 is 4.74 Å². The summed E-state index contributed by atoms with van der Waals surface area (Å²) >= 11 is 6.06. The van der Waals surface area contributed by atoms with Crippen LogP contribution in [-0.2, 0) is 0 Å². The number of benzene rings is 1. The van der Waals surface area contributed by atoms with Crippen LogP contribution in [0.3, 0.4) is 0 Å². The Morgan fingerprint density at radius 3 is 2.83 bits per heavy atom. The maximum Gasteiger partial charge on any atom is 0.137 e. The SMILES string of the molecule is N#Cc1ccc(OCC2CCCC2CN)c(Cl)c1. The first-order chi connectivity index (χ1) is 8.74. The minimum atomic E-state index is 0.497. The molecule has 1 aliphatic rings. The van der Waals surface area contributed by atoms with Crippen LogP contribution in [0.5, 0.6) is 5.75 Å². The second kappa shape index (κ2) is 6.08. The van der Waals surface area contributed by atoms with E-state index in [1.165, 1.54) is 19.3 Å². The molecule has 0 bridgehead atoms. The molecule has 96 valence electrons. The third kappa shape index (κ3) is 2.95. The van der Waals surface area contributed by atoms with Crippen LogP contribution in [0.2, 0.25) is 5.02 Å². The Hall–Kier alpha value is -1.24. The van der Waals surface area contributed by atoms with E-state index in [-0.39, 0.29) is 0 Å². The molecule has 0 aliphatic heterocycles. The van der Waals surface area contributed by atoms with Gasteiger partial charge in [0.25, 0.3) is 0 Å². The van der Waals surface area contributed by atoms with Crippen LogP contribution in [0.1, 0.15) is 24.8 Å². The molecule has 2 N–H and O–H groups in total. The highest BCUT2D eigenvalue weighted by atomic mass is 35.5. The molecule has 0 aromatic heterocycles. The number of rotatable bonds is 4. The molecule has 1 saturated carbocycles. The summed E-state index contributed by atoms with van der Waals surface area (Å²) in [6.45, 7) is 1.39. The molecule has 3 nitrogen and oxygen atoms in total. The van der Waals surface area contributed by atoms with Gasteiger partial charge < -0.3 is 10.5 Å². The van der Waals surface area contributed by atoms with Gasteiger partial charge in [-0.1, -0.05) is 18.0 Å². The van der Waals surface area contributed by atoms with Crippen molar-refractivity contribution in [1.29, 1.82) is 5.26 Å². The van der Waals surface area contributed by atoms with Crippen LogP contribution >= 0.6 is 11.6 Å². The molecule has 0 amide bonds. The van der Waals surface area contributed by atoms with E-state index < -0.39 is 0 Å². The molecule has 4 heteroatoms. The van der Waals surface area contributed by atoms with Gasteiger partial charge in [-0.05, 0) is 49.4 Å². The lowest BCUT2D eigenvalue weighted by Crippen LogP contribution is -2.23. The second-order valence-corrected chi connectivity index (χ2v) is 5.16. The van der Waals surface area contributed by atoms with E-state index in [2.05, 4.69) is 6.07 Å². The largest absolute Gasteiger partial charge is 0.492 e. The number of halogens is 1. The van der Waals surface area contributed by atoms with Gasteiger partial charge in [-0.15, -0.1) is 0 Å². The average Bonchev–Trinajstić information content (AvgIpc) is 2.84. The Morgan fingerprint density at radius 1 is 1.39 bits per heavy atom. The van der Waals surface area contributed by atoms with Crippen LogP contribution in [0.15, 0.2) is 18.2 Å². The van der Waals surface area contributed by atoms with Crippen molar-refractivity contribution in [3.8, 4) is 11.8 Å². The van der Waals surface area contributed by atoms with Crippen molar-refractivity contribution >= 4 is 11.6 Å². The minimum absolute atomic E-state index is 0.497. The summed E-state index contributed by atoms with van der Waals surface area (Å²) < 4.78 is 5.76. The summed E-state index contributed by atoms with van der Waals surface area (Å²) in [6.07, 6.45) is 3.61. The van der Waals surface area contributed by atoms with E-state index in [0.717, 1.165) is 6.54 Å². The van der Waals surface area contributed by atoms with Crippen molar-refractivity contribution in [2.24, 2.45) is 17.6 Å². The maximum absolute atomic E-state index is 8.76. The van der Waals surface area contributed by atoms with E-state index in [4.69, 9.17) is 27.3 Å². The minimum Gasteiger partial charge on any atom is -0.492 e. The quantitative estimate of drug-likeness (QED) is 0.910. The molecule has 2 atom stereocenters. The summed E-state index contributed by atoms with van der Waals surface area (Å²) in [6, 6.07) is 7.16. The van der Waals surface area contributed by atoms with Crippen molar-refractivity contribution in [2.75, 3.05) is 13.2 Å². The normalized spacial score (nSPS) is 22.7. The van der Waals surface area contributed by atoms with E-state index in [9.17, 15) is 0 Å². The smallest absolute Gasteiger partial charge is 0.137 e. The zero-order chi connectivity index (χ0) is 13.0. The van der Waals surface area contributed by atoms with Gasteiger partial charge in [0.2, 0.25) is 0 Å². The number of hydrogen-bond donors (Lipinski definition) is 1. The molecule has 1 aromatic carbocycles. The van der Waals surface area contributed by atoms with Gasteiger partial charge in [-0.2, -0.15) is 5.26 Å². The number of nitriles is 1. The fourth-order valence-corrected chi connectivity index (χ4v) is 2.76. The zero-order valence-electron chi connectivity index (χ0n) is 10.2. The first kappa shape index (κ1) is 13.2. The van der Waals surface area contributed by atoms with Crippen LogP contribution in [0.4, 0.5) is 0 Å². The van der Waals surface area contributed by atoms with Crippen LogP contribution in [-0.4, -0.2) is 13.2 Å². The topological polar surface area (TPSA) is 59.0 Å². The first-order valence-corrected chi connectivity index (χ1v) is 6.65. The predicted octanol–water partition coefficient (Wildman–Crippen LogP) is 2.97. The van der Waals surface area contributed by atoms with Gasteiger partial charge in [0, 0.05) is 0 Å². The molecular formula is C14H17ClN2O. The summed E-state index contributed by atoms with van der Waals surface area (Å²) in [4.78, 5) is 0. The highest BCUT2D eigenvalue weighted by Crippen LogP contribution is 2.32. The first-order valence-electron chi connectivity index (χ1n) is 6.27. The molecular weight excluding hydrogens is 248 g/mol. The lowest BCUT2D eigenvalue weighted by Gasteiger charge is -2.18. The average molecular weight is 265 g/mol. The molecule has 1 aliphatic carbocycles. The van der Waals surface area contributed by atoms with Gasteiger partial charge in [0.05, 0.1) is 23.3 Å². The number of hydrogen-bond acceptors (Lipinski definition) is 3. The number of nitrogens with two attached hydrogens (primary N) is 1. The van der Waals surface area contributed by atoms with Crippen molar-refractivity contribution in [1.82, 2.24) is 0 Å². The lowest BCUT2D eigenvalue weighted by atomic mass is 9.97. The van der Waals surface area contributed by atoms with E-state index in [0.29, 0.717) is 34.8 Å². The highest BCUT2D eigenvalue weighted by Gasteiger charge is 2.26. The Labute approximate surface area is 112 Å². The molecule has 1 aromatic rings. The van der Waals surface area contributed by atoms with Crippen molar-refractivity contribution in [2.45, 2.75) is 19.3 Å². The molecule has 1 fully saturated rings. The van der Waals surface area contributed by atoms with Crippen LogP contribution < -0.4 is 10.5 Å². The summed E-state index contributed by atoms with van der Waals surface area (Å²) in [5, 5.41) is 9.26. The zero-order valence-corrected chi connectivity index (χ0v) is 11.0. The van der Waals surface area contributed by atoms with Crippen molar-refractivity contribution in [3.63, 3.8) is 0 Å². The standard InChI is InChI=1S/C14H17ClN2O/c15-13-6-10(7-16)4-5-14(13)18-9-12-3-1-2-11(12)8-17/h4-6,11-12H,1-3,8-9,17H2. The van der Waals surface area contributed by atoms with Gasteiger partial charge in [0.1, 0.15) is 5.75 Å². The maximum atomic E-state index is 8.76. The van der Waals surface area contributed by atoms with E-state index in [1.807, 2.05) is 0 Å². The molecule has 2 rings (SSSR count). The van der Waals surface area contributed by atoms with Gasteiger partial charge in [-0.3, -0.25) is 0 Å². The van der Waals surface area contributed by atoms with E-state index >= 15 is 0 Å². The molecule has 0 radical (unpaired) electrons.